The van der Waals surface area contributed by atoms with Gasteiger partial charge in [0.2, 0.25) is 0 Å². The Bertz CT molecular complexity index is 1430. The van der Waals surface area contributed by atoms with Crippen molar-refractivity contribution in [2.75, 3.05) is 5.73 Å². The van der Waals surface area contributed by atoms with E-state index in [0.29, 0.717) is 41.0 Å². The van der Waals surface area contributed by atoms with Crippen molar-refractivity contribution in [2.24, 2.45) is 0 Å². The molecule has 1 atom stereocenters. The monoisotopic (exact) mass is 435 g/mol. The Morgan fingerprint density at radius 3 is 2.78 bits per heavy atom. The number of cyclic esters (lactones) is 1. The van der Waals surface area contributed by atoms with Crippen LogP contribution < -0.4 is 11.3 Å². The minimum Gasteiger partial charge on any atom is -0.460 e. The highest BCUT2D eigenvalue weighted by molar-refractivity contribution is 5.94. The second kappa shape index (κ2) is 6.38. The zero-order valence-electron chi connectivity index (χ0n) is 17.6. The maximum absolute atomic E-state index is 14.5. The van der Waals surface area contributed by atoms with E-state index >= 15 is 0 Å². The van der Waals surface area contributed by atoms with E-state index in [0.717, 1.165) is 34.9 Å². The Balaban J connectivity index is 1.66. The number of hydrogen-bond donors (Lipinski definition) is 2. The van der Waals surface area contributed by atoms with E-state index in [2.05, 4.69) is 0 Å². The number of nitrogens with two attached hydrogens (primary N) is 1. The summed E-state index contributed by atoms with van der Waals surface area (Å²) >= 11 is 0. The van der Waals surface area contributed by atoms with E-state index < -0.39 is 17.4 Å². The average Bonchev–Trinajstić information content (AvgIpc) is 3.09. The Hall–Kier alpha value is -3.26. The van der Waals surface area contributed by atoms with Crippen LogP contribution in [0.15, 0.2) is 16.9 Å². The summed E-state index contributed by atoms with van der Waals surface area (Å²) < 4.78 is 21.4. The van der Waals surface area contributed by atoms with E-state index in [-0.39, 0.29) is 30.7 Å². The molecule has 3 aliphatic rings. The average molecular weight is 435 g/mol. The SMILES string of the molecule is CCC1(O)CC(=O)OCc2c1cc1n(c2=O)Cc2c-1nc1cc(F)c(N)c3c1c2CCC3. The van der Waals surface area contributed by atoms with Crippen LogP contribution in [0.5, 0.6) is 0 Å². The van der Waals surface area contributed by atoms with Crippen LogP contribution >= 0.6 is 0 Å². The van der Waals surface area contributed by atoms with E-state index in [1.54, 1.807) is 17.6 Å². The first-order valence-electron chi connectivity index (χ1n) is 10.9. The quantitative estimate of drug-likeness (QED) is 0.352. The summed E-state index contributed by atoms with van der Waals surface area (Å²) in [5.41, 5.74) is 9.67. The summed E-state index contributed by atoms with van der Waals surface area (Å²) in [6, 6.07) is 3.12. The number of nitrogens with zero attached hydrogens (tertiary/aromatic N) is 2. The molecule has 8 heteroatoms. The number of carbonyl (C=O) groups excluding carboxylic acids is 1. The van der Waals surface area contributed by atoms with Gasteiger partial charge in [0.1, 0.15) is 18.0 Å². The largest absolute Gasteiger partial charge is 0.460 e. The fourth-order valence-electron chi connectivity index (χ4n) is 5.58. The number of pyridine rings is 2. The molecule has 0 saturated heterocycles. The first-order valence-corrected chi connectivity index (χ1v) is 10.9. The van der Waals surface area contributed by atoms with Gasteiger partial charge in [0, 0.05) is 17.0 Å². The van der Waals surface area contributed by atoms with E-state index in [4.69, 9.17) is 15.5 Å². The van der Waals surface area contributed by atoms with Crippen molar-refractivity contribution in [1.29, 1.82) is 0 Å². The van der Waals surface area contributed by atoms with Crippen molar-refractivity contribution in [2.45, 2.75) is 57.8 Å². The van der Waals surface area contributed by atoms with Gasteiger partial charge in [0.25, 0.3) is 5.56 Å². The molecule has 0 fully saturated rings. The standard InChI is InChI=1S/C24H22FN3O4/c1-2-24(31)8-19(29)32-10-14-15(24)6-18-22-13(9-28(18)23(14)30)11-4-3-5-12-20(11)17(27-22)7-16(25)21(12)26/h6-7,31H,2-5,8-10,26H2,1H3. The number of fused-ring (bicyclic) bond motifs is 5. The highest BCUT2D eigenvalue weighted by Crippen LogP contribution is 2.43. The van der Waals surface area contributed by atoms with Crippen LogP contribution in [0.1, 0.15) is 54.0 Å². The van der Waals surface area contributed by atoms with Crippen LogP contribution in [0.4, 0.5) is 10.1 Å². The number of anilines is 1. The van der Waals surface area contributed by atoms with Crippen LogP contribution in [-0.2, 0) is 41.1 Å². The summed E-state index contributed by atoms with van der Waals surface area (Å²) in [5, 5.41) is 12.1. The topological polar surface area (TPSA) is 107 Å². The van der Waals surface area contributed by atoms with Crippen LogP contribution in [0.25, 0.3) is 22.3 Å². The molecular formula is C24H22FN3O4. The Morgan fingerprint density at radius 1 is 1.22 bits per heavy atom. The second-order valence-electron chi connectivity index (χ2n) is 8.95. The number of nitrogen functional groups attached to an aromatic ring is 1. The highest BCUT2D eigenvalue weighted by Gasteiger charge is 2.40. The molecule has 0 spiro atoms. The number of rotatable bonds is 1. The Kier molecular flexibility index (Phi) is 3.88. The molecule has 3 N–H and O–H groups in total. The highest BCUT2D eigenvalue weighted by atomic mass is 19.1. The first-order chi connectivity index (χ1) is 15.3. The summed E-state index contributed by atoms with van der Waals surface area (Å²) in [4.78, 5) is 30.3. The lowest BCUT2D eigenvalue weighted by Gasteiger charge is -2.26. The molecule has 0 amide bonds. The third-order valence-electron chi connectivity index (χ3n) is 7.30. The Labute approximate surface area is 182 Å². The predicted molar refractivity (Wildman–Crippen MR) is 116 cm³/mol. The van der Waals surface area contributed by atoms with Crippen LogP contribution in [0.3, 0.4) is 0 Å². The fourth-order valence-corrected chi connectivity index (χ4v) is 5.58. The number of aliphatic hydroxyl groups is 1. The summed E-state index contributed by atoms with van der Waals surface area (Å²) in [5.74, 6) is -1.02. The first kappa shape index (κ1) is 19.4. The van der Waals surface area contributed by atoms with Gasteiger partial charge in [0.05, 0.1) is 41.1 Å². The number of halogens is 1. The molecule has 4 heterocycles. The minimum absolute atomic E-state index is 0.167. The van der Waals surface area contributed by atoms with E-state index in [9.17, 15) is 19.1 Å². The lowest BCUT2D eigenvalue weighted by Crippen LogP contribution is -2.32. The molecule has 3 aromatic rings. The number of ether oxygens (including phenoxy) is 1. The molecule has 0 saturated carbocycles. The van der Waals surface area contributed by atoms with Gasteiger partial charge in [-0.15, -0.1) is 0 Å². The zero-order chi connectivity index (χ0) is 22.4. The summed E-state index contributed by atoms with van der Waals surface area (Å²) in [6.07, 6.45) is 2.40. The zero-order valence-corrected chi connectivity index (χ0v) is 17.6. The van der Waals surface area contributed by atoms with Crippen LogP contribution in [-0.4, -0.2) is 20.6 Å². The fraction of sp³-hybridized carbons (Fsp3) is 0.375. The van der Waals surface area contributed by atoms with Crippen molar-refractivity contribution in [3.05, 3.63) is 56.1 Å². The molecule has 1 aromatic carbocycles. The van der Waals surface area contributed by atoms with Gasteiger partial charge in [-0.05, 0) is 48.4 Å². The molecule has 32 heavy (non-hydrogen) atoms. The lowest BCUT2D eigenvalue weighted by atomic mass is 9.85. The van der Waals surface area contributed by atoms with Crippen molar-refractivity contribution < 1.29 is 19.0 Å². The number of esters is 1. The van der Waals surface area contributed by atoms with Gasteiger partial charge in [-0.2, -0.15) is 0 Å². The number of aryl methyl sites for hydroxylation is 2. The van der Waals surface area contributed by atoms with Crippen molar-refractivity contribution in [3.63, 3.8) is 0 Å². The molecule has 2 aromatic heterocycles. The molecule has 0 radical (unpaired) electrons. The van der Waals surface area contributed by atoms with Gasteiger partial charge < -0.3 is 20.1 Å². The number of carbonyl (C=O) groups is 1. The second-order valence-corrected chi connectivity index (χ2v) is 8.95. The number of hydrogen-bond acceptors (Lipinski definition) is 6. The molecule has 6 rings (SSSR count). The van der Waals surface area contributed by atoms with Crippen molar-refractivity contribution in [3.8, 4) is 11.4 Å². The maximum atomic E-state index is 14.5. The molecule has 1 unspecified atom stereocenters. The van der Waals surface area contributed by atoms with Gasteiger partial charge in [-0.25, -0.2) is 9.37 Å². The lowest BCUT2D eigenvalue weighted by molar-refractivity contribution is -0.149. The molecule has 1 aliphatic carbocycles. The van der Waals surface area contributed by atoms with Gasteiger partial charge >= 0.3 is 5.97 Å². The predicted octanol–water partition coefficient (Wildman–Crippen LogP) is 2.68. The van der Waals surface area contributed by atoms with E-state index in [1.807, 2.05) is 0 Å². The Morgan fingerprint density at radius 2 is 2.00 bits per heavy atom. The van der Waals surface area contributed by atoms with E-state index in [1.165, 1.54) is 6.07 Å². The summed E-state index contributed by atoms with van der Waals surface area (Å²) in [7, 11) is 0. The van der Waals surface area contributed by atoms with Crippen molar-refractivity contribution >= 4 is 22.6 Å². The molecule has 2 aliphatic heterocycles. The van der Waals surface area contributed by atoms with Crippen LogP contribution in [0.2, 0.25) is 0 Å². The van der Waals surface area contributed by atoms with Gasteiger partial charge in [-0.1, -0.05) is 6.92 Å². The molecule has 164 valence electrons. The third-order valence-corrected chi connectivity index (χ3v) is 7.30. The smallest absolute Gasteiger partial charge is 0.309 e. The van der Waals surface area contributed by atoms with Gasteiger partial charge in [-0.3, -0.25) is 9.59 Å². The maximum Gasteiger partial charge on any atom is 0.309 e. The molecule has 7 nitrogen and oxygen atoms in total. The van der Waals surface area contributed by atoms with Crippen molar-refractivity contribution in [1.82, 2.24) is 9.55 Å². The summed E-state index contributed by atoms with van der Waals surface area (Å²) in [6.45, 7) is 1.94. The normalized spacial score (nSPS) is 21.0. The third kappa shape index (κ3) is 2.41. The van der Waals surface area contributed by atoms with Gasteiger partial charge in [0.15, 0.2) is 0 Å². The van der Waals surface area contributed by atoms with Crippen LogP contribution in [0, 0.1) is 5.82 Å². The molecular weight excluding hydrogens is 413 g/mol. The molecule has 0 bridgehead atoms. The number of aromatic nitrogens is 2. The minimum atomic E-state index is -1.49. The number of benzene rings is 1.